The van der Waals surface area contributed by atoms with E-state index in [1.807, 2.05) is 12.1 Å². The second kappa shape index (κ2) is 9.76. The summed E-state index contributed by atoms with van der Waals surface area (Å²) in [6.45, 7) is 6.20. The summed E-state index contributed by atoms with van der Waals surface area (Å²) in [5, 5.41) is 6.32. The molecular formula is C24H31ClFN7O. The number of hydrogen-bond acceptors (Lipinski definition) is 7. The van der Waals surface area contributed by atoms with E-state index >= 15 is 0 Å². The highest BCUT2D eigenvalue weighted by atomic mass is 35.5. The third-order valence-electron chi connectivity index (χ3n) is 7.13. The van der Waals surface area contributed by atoms with E-state index in [0.717, 1.165) is 50.0 Å². The van der Waals surface area contributed by atoms with Crippen LogP contribution in [0, 0.1) is 30.5 Å². The Kier molecular flexibility index (Phi) is 6.95. The van der Waals surface area contributed by atoms with Gasteiger partial charge < -0.3 is 26.2 Å². The van der Waals surface area contributed by atoms with Crippen molar-refractivity contribution in [2.75, 3.05) is 48.8 Å². The zero-order valence-corrected chi connectivity index (χ0v) is 20.2. The average Bonchev–Trinajstić information content (AvgIpc) is 3.39. The number of fused-ring (bicyclic) bond motifs is 2. The van der Waals surface area contributed by atoms with Gasteiger partial charge in [0, 0.05) is 43.6 Å². The Morgan fingerprint density at radius 1 is 1.18 bits per heavy atom. The molecule has 4 N–H and O–H groups in total. The van der Waals surface area contributed by atoms with E-state index in [0.29, 0.717) is 5.95 Å². The number of nitrogens with zero attached hydrogens (tertiary/aromatic N) is 4. The summed E-state index contributed by atoms with van der Waals surface area (Å²) in [6, 6.07) is 5.88. The van der Waals surface area contributed by atoms with Crippen molar-refractivity contribution >= 4 is 41.5 Å². The van der Waals surface area contributed by atoms with Crippen molar-refractivity contribution in [3.63, 3.8) is 0 Å². The highest BCUT2D eigenvalue weighted by Gasteiger charge is 2.47. The molecule has 5 rings (SSSR count). The fraction of sp³-hybridized carbons (Fsp3) is 0.458. The van der Waals surface area contributed by atoms with Gasteiger partial charge in [-0.2, -0.15) is 4.98 Å². The number of primary amides is 1. The first-order chi connectivity index (χ1) is 15.9. The van der Waals surface area contributed by atoms with Crippen LogP contribution in [0.2, 0.25) is 0 Å². The zero-order valence-electron chi connectivity index (χ0n) is 19.4. The molecule has 2 aromatic rings. The monoisotopic (exact) mass is 487 g/mol. The molecule has 2 aliphatic carbocycles. The van der Waals surface area contributed by atoms with Crippen molar-refractivity contribution in [1.82, 2.24) is 14.9 Å². The molecule has 0 radical (unpaired) electrons. The van der Waals surface area contributed by atoms with Crippen LogP contribution in [0.1, 0.15) is 12.0 Å². The minimum atomic E-state index is -0.558. The van der Waals surface area contributed by atoms with E-state index in [-0.39, 0.29) is 47.9 Å². The van der Waals surface area contributed by atoms with Crippen molar-refractivity contribution in [3.05, 3.63) is 47.9 Å². The van der Waals surface area contributed by atoms with Gasteiger partial charge >= 0.3 is 0 Å². The smallest absolute Gasteiger partial charge is 0.229 e. The van der Waals surface area contributed by atoms with Gasteiger partial charge in [0.25, 0.3) is 0 Å². The summed E-state index contributed by atoms with van der Waals surface area (Å²) in [6.07, 6.45) is 6.11. The summed E-state index contributed by atoms with van der Waals surface area (Å²) >= 11 is 0. The molecule has 2 heterocycles. The molecule has 1 aromatic carbocycles. The van der Waals surface area contributed by atoms with Crippen LogP contribution < -0.4 is 21.3 Å². The molecule has 34 heavy (non-hydrogen) atoms. The van der Waals surface area contributed by atoms with Crippen LogP contribution in [0.3, 0.4) is 0 Å². The highest BCUT2D eigenvalue weighted by Crippen LogP contribution is 2.44. The molecule has 1 saturated heterocycles. The van der Waals surface area contributed by atoms with E-state index in [9.17, 15) is 9.18 Å². The number of aryl methyl sites for hydroxylation is 1. The topological polar surface area (TPSA) is 99.4 Å². The lowest BCUT2D eigenvalue weighted by Gasteiger charge is -2.35. The van der Waals surface area contributed by atoms with Gasteiger partial charge in [0.1, 0.15) is 0 Å². The Labute approximate surface area is 205 Å². The Bertz CT molecular complexity index is 1090. The van der Waals surface area contributed by atoms with E-state index in [1.54, 1.807) is 0 Å². The molecule has 4 atom stereocenters. The molecule has 1 saturated carbocycles. The number of nitrogens with one attached hydrogen (secondary N) is 2. The molecular weight excluding hydrogens is 457 g/mol. The fourth-order valence-corrected chi connectivity index (χ4v) is 5.36. The van der Waals surface area contributed by atoms with Crippen molar-refractivity contribution < 1.29 is 9.18 Å². The van der Waals surface area contributed by atoms with Gasteiger partial charge in [-0.3, -0.25) is 4.79 Å². The number of nitrogens with two attached hydrogens (primary N) is 1. The Balaban J connectivity index is 0.00000274. The number of anilines is 4. The number of amides is 1. The van der Waals surface area contributed by atoms with E-state index < -0.39 is 5.82 Å². The van der Waals surface area contributed by atoms with Crippen LogP contribution in [0.4, 0.5) is 27.5 Å². The number of rotatable bonds is 6. The maximum atomic E-state index is 14.5. The predicted octanol–water partition coefficient (Wildman–Crippen LogP) is 2.93. The number of likely N-dealkylation sites (N-methyl/N-ethyl adjacent to an activating group) is 1. The lowest BCUT2D eigenvalue weighted by Crippen LogP contribution is -2.44. The normalized spacial score (nSPS) is 25.8. The van der Waals surface area contributed by atoms with Gasteiger partial charge in [-0.1, -0.05) is 12.2 Å². The van der Waals surface area contributed by atoms with Crippen LogP contribution in [-0.2, 0) is 4.79 Å². The van der Waals surface area contributed by atoms with Crippen molar-refractivity contribution in [2.45, 2.75) is 19.4 Å². The molecule has 2 bridgehead atoms. The Morgan fingerprint density at radius 3 is 2.62 bits per heavy atom. The van der Waals surface area contributed by atoms with Gasteiger partial charge in [-0.25, -0.2) is 9.37 Å². The molecule has 2 fully saturated rings. The number of carbonyl (C=O) groups excluding carboxylic acids is 1. The van der Waals surface area contributed by atoms with Crippen LogP contribution in [0.15, 0.2) is 36.5 Å². The average molecular weight is 488 g/mol. The molecule has 182 valence electrons. The van der Waals surface area contributed by atoms with Gasteiger partial charge in [0.2, 0.25) is 11.9 Å². The first kappa shape index (κ1) is 24.2. The van der Waals surface area contributed by atoms with Gasteiger partial charge in [0.15, 0.2) is 11.6 Å². The summed E-state index contributed by atoms with van der Waals surface area (Å²) < 4.78 is 14.5. The summed E-state index contributed by atoms with van der Waals surface area (Å²) in [5.74, 6) is -0.673. The van der Waals surface area contributed by atoms with E-state index in [2.05, 4.69) is 62.6 Å². The van der Waals surface area contributed by atoms with Crippen LogP contribution in [0.25, 0.3) is 0 Å². The summed E-state index contributed by atoms with van der Waals surface area (Å²) in [5.41, 5.74) is 8.84. The number of hydrogen-bond donors (Lipinski definition) is 3. The molecule has 10 heteroatoms. The van der Waals surface area contributed by atoms with Crippen molar-refractivity contribution in [2.24, 2.45) is 23.5 Å². The largest absolute Gasteiger partial charge is 0.369 e. The second-order valence-electron chi connectivity index (χ2n) is 9.35. The van der Waals surface area contributed by atoms with Crippen molar-refractivity contribution in [3.8, 4) is 0 Å². The van der Waals surface area contributed by atoms with E-state index in [4.69, 9.17) is 5.73 Å². The minimum Gasteiger partial charge on any atom is -0.369 e. The number of aromatic nitrogens is 2. The Hall–Kier alpha value is -2.91. The summed E-state index contributed by atoms with van der Waals surface area (Å²) in [7, 11) is 2.14. The lowest BCUT2D eigenvalue weighted by atomic mass is 9.88. The molecule has 8 nitrogen and oxygen atoms in total. The number of benzene rings is 1. The zero-order chi connectivity index (χ0) is 23.1. The molecule has 0 unspecified atom stereocenters. The standard InChI is InChI=1S/C24H30FN7O.ClH/c1-14-11-17(5-6-19(14)32-9-7-31(2)8-10-32)28-24-27-13-18(25)23(30-24)29-21-16-4-3-15(12-16)20(21)22(26)33;/h3-6,11,13,15-16,20-21H,7-10,12H2,1-2H3,(H2,26,33)(H2,27,28,29,30);1H/t15-,16+,20+,21-;/m1./s1. The SMILES string of the molecule is Cc1cc(Nc2ncc(F)c(N[C@H]3[C@@H](C(N)=O)[C@@H]4C=C[C@H]3C4)n2)ccc1N1CCN(C)CC1.Cl. The molecule has 1 aromatic heterocycles. The molecule has 1 amide bonds. The summed E-state index contributed by atoms with van der Waals surface area (Å²) in [4.78, 5) is 25.2. The number of piperazine rings is 1. The number of carbonyl (C=O) groups is 1. The molecule has 1 aliphatic heterocycles. The van der Waals surface area contributed by atoms with Gasteiger partial charge in [-0.15, -0.1) is 12.4 Å². The maximum Gasteiger partial charge on any atom is 0.229 e. The third kappa shape index (κ3) is 4.67. The third-order valence-corrected chi connectivity index (χ3v) is 7.13. The predicted molar refractivity (Wildman–Crippen MR) is 134 cm³/mol. The molecule has 0 spiro atoms. The number of halogens is 2. The fourth-order valence-electron chi connectivity index (χ4n) is 5.36. The van der Waals surface area contributed by atoms with Crippen molar-refractivity contribution in [1.29, 1.82) is 0 Å². The Morgan fingerprint density at radius 2 is 1.91 bits per heavy atom. The highest BCUT2D eigenvalue weighted by molar-refractivity contribution is 5.85. The van der Waals surface area contributed by atoms with Crippen LogP contribution in [-0.4, -0.2) is 60.0 Å². The quantitative estimate of drug-likeness (QED) is 0.539. The van der Waals surface area contributed by atoms with E-state index in [1.165, 1.54) is 5.69 Å². The number of allylic oxidation sites excluding steroid dienone is 1. The first-order valence-electron chi connectivity index (χ1n) is 11.5. The van der Waals surface area contributed by atoms with Gasteiger partial charge in [-0.05, 0) is 56.0 Å². The van der Waals surface area contributed by atoms with Crippen LogP contribution >= 0.6 is 12.4 Å². The maximum absolute atomic E-state index is 14.5. The van der Waals surface area contributed by atoms with Crippen LogP contribution in [0.5, 0.6) is 0 Å². The minimum absolute atomic E-state index is 0. The second-order valence-corrected chi connectivity index (χ2v) is 9.35. The first-order valence-corrected chi connectivity index (χ1v) is 11.5. The van der Waals surface area contributed by atoms with Gasteiger partial charge in [0.05, 0.1) is 12.1 Å². The lowest BCUT2D eigenvalue weighted by molar-refractivity contribution is -0.122. The molecule has 3 aliphatic rings.